The van der Waals surface area contributed by atoms with Gasteiger partial charge in [0, 0.05) is 5.92 Å². The third-order valence-electron chi connectivity index (χ3n) is 4.63. The summed E-state index contributed by atoms with van der Waals surface area (Å²) < 4.78 is 5.48. The van der Waals surface area contributed by atoms with Gasteiger partial charge in [-0.25, -0.2) is 4.79 Å². The highest BCUT2D eigenvalue weighted by Crippen LogP contribution is 2.44. The normalized spacial score (nSPS) is 12.0. The number of anilines is 1. The third kappa shape index (κ3) is 2.80. The van der Waals surface area contributed by atoms with Crippen LogP contribution in [0.15, 0.2) is 72.8 Å². The van der Waals surface area contributed by atoms with Gasteiger partial charge in [-0.2, -0.15) is 5.26 Å². The number of hydrogen-bond donors (Lipinski definition) is 1. The molecule has 0 aliphatic heterocycles. The number of benzene rings is 3. The topological polar surface area (TPSA) is 62.1 Å². The lowest BCUT2D eigenvalue weighted by Crippen LogP contribution is -2.18. The predicted octanol–water partition coefficient (Wildman–Crippen LogP) is 4.92. The number of para-hydroxylation sites is 1. The lowest BCUT2D eigenvalue weighted by molar-refractivity contribution is 0.158. The molecule has 0 saturated carbocycles. The van der Waals surface area contributed by atoms with E-state index in [2.05, 4.69) is 35.7 Å². The van der Waals surface area contributed by atoms with Crippen LogP contribution >= 0.6 is 0 Å². The van der Waals surface area contributed by atoms with E-state index in [-0.39, 0.29) is 12.5 Å². The van der Waals surface area contributed by atoms with Gasteiger partial charge in [-0.1, -0.05) is 60.7 Å². The zero-order valence-electron chi connectivity index (χ0n) is 14.0. The van der Waals surface area contributed by atoms with Crippen LogP contribution in [-0.2, 0) is 4.74 Å². The Labute approximate surface area is 151 Å². The van der Waals surface area contributed by atoms with Crippen molar-refractivity contribution in [2.24, 2.45) is 0 Å². The Morgan fingerprint density at radius 1 is 0.923 bits per heavy atom. The molecule has 4 rings (SSSR count). The van der Waals surface area contributed by atoms with E-state index in [0.717, 1.165) is 0 Å². The Hall–Kier alpha value is -3.58. The molecule has 4 heteroatoms. The lowest BCUT2D eigenvalue weighted by atomic mass is 9.98. The van der Waals surface area contributed by atoms with Gasteiger partial charge in [0.05, 0.1) is 11.3 Å². The molecule has 0 saturated heterocycles. The fraction of sp³-hybridized carbons (Fsp3) is 0.0909. The zero-order chi connectivity index (χ0) is 17.9. The molecule has 0 fully saturated rings. The SMILES string of the molecule is N#Cc1ccccc1NC(=O)OCC1c2ccccc2-c2ccccc21. The fourth-order valence-corrected chi connectivity index (χ4v) is 3.43. The second-order valence-electron chi connectivity index (χ2n) is 6.11. The molecular formula is C22H16N2O2. The highest BCUT2D eigenvalue weighted by molar-refractivity contribution is 5.86. The maximum absolute atomic E-state index is 12.2. The van der Waals surface area contributed by atoms with Crippen LogP contribution in [0, 0.1) is 11.3 Å². The molecule has 126 valence electrons. The van der Waals surface area contributed by atoms with E-state index in [1.807, 2.05) is 24.3 Å². The van der Waals surface area contributed by atoms with Crippen molar-refractivity contribution in [1.29, 1.82) is 5.26 Å². The molecule has 1 amide bonds. The van der Waals surface area contributed by atoms with Gasteiger partial charge in [0.1, 0.15) is 12.7 Å². The molecule has 4 nitrogen and oxygen atoms in total. The van der Waals surface area contributed by atoms with E-state index in [0.29, 0.717) is 11.3 Å². The average Bonchev–Trinajstić information content (AvgIpc) is 3.01. The Bertz CT molecular complexity index is 975. The van der Waals surface area contributed by atoms with Crippen LogP contribution in [0.1, 0.15) is 22.6 Å². The molecule has 3 aromatic rings. The van der Waals surface area contributed by atoms with E-state index in [1.165, 1.54) is 22.3 Å². The molecular weight excluding hydrogens is 324 g/mol. The van der Waals surface area contributed by atoms with Crippen molar-refractivity contribution < 1.29 is 9.53 Å². The molecule has 26 heavy (non-hydrogen) atoms. The first-order valence-corrected chi connectivity index (χ1v) is 8.39. The second-order valence-corrected chi connectivity index (χ2v) is 6.11. The number of carbonyl (C=O) groups is 1. The molecule has 0 bridgehead atoms. The molecule has 1 aliphatic rings. The molecule has 0 aromatic heterocycles. The van der Waals surface area contributed by atoms with Crippen molar-refractivity contribution in [3.05, 3.63) is 89.5 Å². The van der Waals surface area contributed by atoms with Gasteiger partial charge in [-0.15, -0.1) is 0 Å². The number of rotatable bonds is 3. The first-order chi connectivity index (χ1) is 12.8. The van der Waals surface area contributed by atoms with Gasteiger partial charge in [0.2, 0.25) is 0 Å². The third-order valence-corrected chi connectivity index (χ3v) is 4.63. The molecule has 0 atom stereocenters. The standard InChI is InChI=1S/C22H16N2O2/c23-13-15-7-1-6-12-21(15)24-22(25)26-14-20-18-10-4-2-8-16(18)17-9-3-5-11-19(17)20/h1-12,20H,14H2,(H,24,25). The highest BCUT2D eigenvalue weighted by Gasteiger charge is 2.29. The van der Waals surface area contributed by atoms with Crippen molar-refractivity contribution >= 4 is 11.8 Å². The van der Waals surface area contributed by atoms with E-state index < -0.39 is 6.09 Å². The van der Waals surface area contributed by atoms with E-state index in [9.17, 15) is 4.79 Å². The van der Waals surface area contributed by atoms with Crippen LogP contribution in [0.25, 0.3) is 11.1 Å². The summed E-state index contributed by atoms with van der Waals surface area (Å²) in [5.41, 5.74) is 5.56. The fourth-order valence-electron chi connectivity index (χ4n) is 3.43. The quantitative estimate of drug-likeness (QED) is 0.736. The Morgan fingerprint density at radius 3 is 2.15 bits per heavy atom. The number of amides is 1. The lowest BCUT2D eigenvalue weighted by Gasteiger charge is -2.14. The van der Waals surface area contributed by atoms with Crippen LogP contribution in [-0.4, -0.2) is 12.7 Å². The number of nitrogens with one attached hydrogen (secondary N) is 1. The molecule has 1 aliphatic carbocycles. The monoisotopic (exact) mass is 340 g/mol. The summed E-state index contributed by atoms with van der Waals surface area (Å²) in [4.78, 5) is 12.2. The van der Waals surface area contributed by atoms with Crippen LogP contribution in [0.2, 0.25) is 0 Å². The first kappa shape index (κ1) is 15.9. The average molecular weight is 340 g/mol. The van der Waals surface area contributed by atoms with E-state index >= 15 is 0 Å². The van der Waals surface area contributed by atoms with Crippen molar-refractivity contribution in [2.75, 3.05) is 11.9 Å². The largest absolute Gasteiger partial charge is 0.448 e. The van der Waals surface area contributed by atoms with Gasteiger partial charge in [0.25, 0.3) is 0 Å². The van der Waals surface area contributed by atoms with Gasteiger partial charge < -0.3 is 4.74 Å². The maximum atomic E-state index is 12.2. The Kier molecular flexibility index (Phi) is 4.12. The number of nitrogens with zero attached hydrogens (tertiary/aromatic N) is 1. The summed E-state index contributed by atoms with van der Waals surface area (Å²) in [6.45, 7) is 0.245. The summed E-state index contributed by atoms with van der Waals surface area (Å²) >= 11 is 0. The molecule has 0 radical (unpaired) electrons. The number of ether oxygens (including phenoxy) is 1. The Morgan fingerprint density at radius 2 is 1.50 bits per heavy atom. The van der Waals surface area contributed by atoms with Crippen LogP contribution in [0.3, 0.4) is 0 Å². The predicted molar refractivity (Wildman–Crippen MR) is 99.8 cm³/mol. The summed E-state index contributed by atoms with van der Waals surface area (Å²) in [6, 6.07) is 25.3. The molecule has 0 heterocycles. The first-order valence-electron chi connectivity index (χ1n) is 8.39. The summed E-state index contributed by atoms with van der Waals surface area (Å²) in [5.74, 6) is 0.0133. The Balaban J connectivity index is 1.52. The van der Waals surface area contributed by atoms with Crippen LogP contribution in [0.4, 0.5) is 10.5 Å². The molecule has 0 spiro atoms. The van der Waals surface area contributed by atoms with E-state index in [1.54, 1.807) is 24.3 Å². The number of hydrogen-bond acceptors (Lipinski definition) is 3. The van der Waals surface area contributed by atoms with Gasteiger partial charge in [0.15, 0.2) is 0 Å². The minimum absolute atomic E-state index is 0.0133. The maximum Gasteiger partial charge on any atom is 0.411 e. The summed E-state index contributed by atoms with van der Waals surface area (Å²) in [6.07, 6.45) is -0.561. The van der Waals surface area contributed by atoms with Gasteiger partial charge >= 0.3 is 6.09 Å². The van der Waals surface area contributed by atoms with Crippen LogP contribution in [0.5, 0.6) is 0 Å². The highest BCUT2D eigenvalue weighted by atomic mass is 16.5. The van der Waals surface area contributed by atoms with E-state index in [4.69, 9.17) is 10.00 Å². The van der Waals surface area contributed by atoms with Gasteiger partial charge in [-0.3, -0.25) is 5.32 Å². The minimum atomic E-state index is -0.561. The zero-order valence-corrected chi connectivity index (χ0v) is 14.0. The smallest absolute Gasteiger partial charge is 0.411 e. The molecule has 3 aromatic carbocycles. The van der Waals surface area contributed by atoms with Gasteiger partial charge in [-0.05, 0) is 34.4 Å². The summed E-state index contributed by atoms with van der Waals surface area (Å²) in [7, 11) is 0. The number of nitriles is 1. The van der Waals surface area contributed by atoms with Crippen LogP contribution < -0.4 is 5.32 Å². The summed E-state index contributed by atoms with van der Waals surface area (Å²) in [5, 5.41) is 11.8. The van der Waals surface area contributed by atoms with Crippen molar-refractivity contribution in [3.63, 3.8) is 0 Å². The minimum Gasteiger partial charge on any atom is -0.448 e. The number of fused-ring (bicyclic) bond motifs is 3. The number of carbonyl (C=O) groups excluding carboxylic acids is 1. The van der Waals surface area contributed by atoms with Crippen molar-refractivity contribution in [3.8, 4) is 17.2 Å². The van der Waals surface area contributed by atoms with Crippen molar-refractivity contribution in [1.82, 2.24) is 0 Å². The van der Waals surface area contributed by atoms with Crippen molar-refractivity contribution in [2.45, 2.75) is 5.92 Å². The second kappa shape index (κ2) is 6.73. The molecule has 0 unspecified atom stereocenters. The molecule has 1 N–H and O–H groups in total.